The van der Waals surface area contributed by atoms with Crippen molar-refractivity contribution in [3.63, 3.8) is 0 Å². The molecule has 0 bridgehead atoms. The van der Waals surface area contributed by atoms with Gasteiger partial charge >= 0.3 is 0 Å². The number of nitriles is 1. The van der Waals surface area contributed by atoms with Gasteiger partial charge in [-0.1, -0.05) is 6.07 Å². The van der Waals surface area contributed by atoms with Gasteiger partial charge in [-0.25, -0.2) is 4.39 Å². The van der Waals surface area contributed by atoms with E-state index in [1.54, 1.807) is 12.1 Å². The van der Waals surface area contributed by atoms with Gasteiger partial charge in [-0.05, 0) is 38.6 Å². The average molecular weight is 247 g/mol. The van der Waals surface area contributed by atoms with Gasteiger partial charge in [-0.3, -0.25) is 0 Å². The normalized spacial score (nSPS) is 19.9. The van der Waals surface area contributed by atoms with Crippen LogP contribution in [0.3, 0.4) is 0 Å². The van der Waals surface area contributed by atoms with Crippen molar-refractivity contribution in [2.75, 3.05) is 20.1 Å². The standard InChI is InChI=1S/C14H18FN3/c1-18-6-2-3-13(18)10-17-9-12-5-4-11(8-16)7-14(12)15/h4-5,7,13,17H,2-3,6,9-10H2,1H3. The zero-order chi connectivity index (χ0) is 13.0. The van der Waals surface area contributed by atoms with E-state index in [-0.39, 0.29) is 5.82 Å². The van der Waals surface area contributed by atoms with Crippen LogP contribution in [0.4, 0.5) is 4.39 Å². The molecule has 0 spiro atoms. The Morgan fingerprint density at radius 3 is 3.00 bits per heavy atom. The molecule has 0 saturated carbocycles. The molecule has 1 saturated heterocycles. The predicted molar refractivity (Wildman–Crippen MR) is 68.5 cm³/mol. The van der Waals surface area contributed by atoms with Gasteiger partial charge in [0, 0.05) is 24.7 Å². The summed E-state index contributed by atoms with van der Waals surface area (Å²) in [4.78, 5) is 2.34. The van der Waals surface area contributed by atoms with E-state index in [2.05, 4.69) is 17.3 Å². The van der Waals surface area contributed by atoms with Gasteiger partial charge in [0.25, 0.3) is 0 Å². The summed E-state index contributed by atoms with van der Waals surface area (Å²) in [5.74, 6) is -0.304. The summed E-state index contributed by atoms with van der Waals surface area (Å²) in [6.07, 6.45) is 2.45. The molecule has 3 nitrogen and oxygen atoms in total. The molecule has 1 unspecified atom stereocenters. The average Bonchev–Trinajstić information content (AvgIpc) is 2.77. The molecule has 96 valence electrons. The van der Waals surface area contributed by atoms with Crippen LogP contribution in [0, 0.1) is 17.1 Å². The first-order valence-corrected chi connectivity index (χ1v) is 6.30. The fourth-order valence-electron chi connectivity index (χ4n) is 2.37. The third-order valence-electron chi connectivity index (χ3n) is 3.55. The smallest absolute Gasteiger partial charge is 0.129 e. The highest BCUT2D eigenvalue weighted by Crippen LogP contribution is 2.14. The van der Waals surface area contributed by atoms with E-state index in [0.717, 1.165) is 13.1 Å². The van der Waals surface area contributed by atoms with Gasteiger partial charge in [-0.2, -0.15) is 5.26 Å². The van der Waals surface area contributed by atoms with Crippen molar-refractivity contribution < 1.29 is 4.39 Å². The number of halogens is 1. The molecular formula is C14H18FN3. The largest absolute Gasteiger partial charge is 0.311 e. The summed E-state index contributed by atoms with van der Waals surface area (Å²) < 4.78 is 13.6. The topological polar surface area (TPSA) is 39.1 Å². The number of hydrogen-bond donors (Lipinski definition) is 1. The molecule has 1 heterocycles. The fourth-order valence-corrected chi connectivity index (χ4v) is 2.37. The second kappa shape index (κ2) is 5.94. The fraction of sp³-hybridized carbons (Fsp3) is 0.500. The minimum Gasteiger partial charge on any atom is -0.311 e. The lowest BCUT2D eigenvalue weighted by molar-refractivity contribution is 0.300. The second-order valence-electron chi connectivity index (χ2n) is 4.83. The summed E-state index contributed by atoms with van der Waals surface area (Å²) >= 11 is 0. The number of nitrogens with zero attached hydrogens (tertiary/aromatic N) is 2. The Kier molecular flexibility index (Phi) is 4.29. The van der Waals surface area contributed by atoms with E-state index in [0.29, 0.717) is 23.7 Å². The molecule has 1 fully saturated rings. The van der Waals surface area contributed by atoms with Crippen molar-refractivity contribution in [3.8, 4) is 6.07 Å². The Morgan fingerprint density at radius 1 is 1.56 bits per heavy atom. The van der Waals surface area contributed by atoms with Gasteiger partial charge in [0.05, 0.1) is 11.6 Å². The summed E-state index contributed by atoms with van der Waals surface area (Å²) in [5.41, 5.74) is 0.987. The molecule has 4 heteroatoms. The van der Waals surface area contributed by atoms with Crippen molar-refractivity contribution in [3.05, 3.63) is 35.1 Å². The van der Waals surface area contributed by atoms with Crippen LogP contribution in [0.1, 0.15) is 24.0 Å². The molecular weight excluding hydrogens is 229 g/mol. The molecule has 1 atom stereocenters. The predicted octanol–water partition coefficient (Wildman–Crippen LogP) is 1.88. The van der Waals surface area contributed by atoms with Gasteiger partial charge in [-0.15, -0.1) is 0 Å². The highest BCUT2D eigenvalue weighted by atomic mass is 19.1. The summed E-state index contributed by atoms with van der Waals surface area (Å²) in [6.45, 7) is 2.55. The lowest BCUT2D eigenvalue weighted by Gasteiger charge is -2.19. The highest BCUT2D eigenvalue weighted by Gasteiger charge is 2.19. The van der Waals surface area contributed by atoms with Gasteiger partial charge < -0.3 is 10.2 Å². The van der Waals surface area contributed by atoms with Crippen molar-refractivity contribution >= 4 is 0 Å². The Hall–Kier alpha value is -1.44. The van der Waals surface area contributed by atoms with Gasteiger partial charge in [0.2, 0.25) is 0 Å². The van der Waals surface area contributed by atoms with Crippen molar-refractivity contribution in [1.82, 2.24) is 10.2 Å². The van der Waals surface area contributed by atoms with E-state index in [9.17, 15) is 4.39 Å². The SMILES string of the molecule is CN1CCCC1CNCc1ccc(C#N)cc1F. The Morgan fingerprint density at radius 2 is 2.39 bits per heavy atom. The third-order valence-corrected chi connectivity index (χ3v) is 3.55. The quantitative estimate of drug-likeness (QED) is 0.883. The Labute approximate surface area is 107 Å². The summed E-state index contributed by atoms with van der Waals surface area (Å²) in [5, 5.41) is 12.0. The van der Waals surface area contributed by atoms with Crippen LogP contribution in [-0.2, 0) is 6.54 Å². The third kappa shape index (κ3) is 3.06. The van der Waals surface area contributed by atoms with E-state index < -0.39 is 0 Å². The van der Waals surface area contributed by atoms with E-state index in [4.69, 9.17) is 5.26 Å². The highest BCUT2D eigenvalue weighted by molar-refractivity contribution is 5.32. The maximum Gasteiger partial charge on any atom is 0.129 e. The van der Waals surface area contributed by atoms with E-state index >= 15 is 0 Å². The molecule has 0 aromatic heterocycles. The number of nitrogens with one attached hydrogen (secondary N) is 1. The van der Waals surface area contributed by atoms with Crippen LogP contribution < -0.4 is 5.32 Å². The zero-order valence-corrected chi connectivity index (χ0v) is 10.6. The second-order valence-corrected chi connectivity index (χ2v) is 4.83. The van der Waals surface area contributed by atoms with Crippen LogP contribution in [0.2, 0.25) is 0 Å². The van der Waals surface area contributed by atoms with E-state index in [1.807, 2.05) is 6.07 Å². The van der Waals surface area contributed by atoms with Crippen LogP contribution in [0.15, 0.2) is 18.2 Å². The maximum absolute atomic E-state index is 13.6. The minimum absolute atomic E-state index is 0.304. The molecule has 1 aromatic carbocycles. The molecule has 0 aliphatic carbocycles. The molecule has 0 amide bonds. The number of likely N-dealkylation sites (N-methyl/N-ethyl adjacent to an activating group) is 1. The number of rotatable bonds is 4. The summed E-state index contributed by atoms with van der Waals surface area (Å²) in [7, 11) is 2.13. The van der Waals surface area contributed by atoms with Crippen molar-refractivity contribution in [2.45, 2.75) is 25.4 Å². The lowest BCUT2D eigenvalue weighted by atomic mass is 10.1. The minimum atomic E-state index is -0.304. The first kappa shape index (κ1) is 13.0. The maximum atomic E-state index is 13.6. The molecule has 0 radical (unpaired) electrons. The van der Waals surface area contributed by atoms with Gasteiger partial charge in [0.1, 0.15) is 5.82 Å². The lowest BCUT2D eigenvalue weighted by Crippen LogP contribution is -2.35. The number of hydrogen-bond acceptors (Lipinski definition) is 3. The zero-order valence-electron chi connectivity index (χ0n) is 10.6. The molecule has 1 N–H and O–H groups in total. The van der Waals surface area contributed by atoms with Crippen LogP contribution in [0.25, 0.3) is 0 Å². The first-order chi connectivity index (χ1) is 8.70. The number of benzene rings is 1. The van der Waals surface area contributed by atoms with Crippen molar-refractivity contribution in [2.24, 2.45) is 0 Å². The number of likely N-dealkylation sites (tertiary alicyclic amines) is 1. The Balaban J connectivity index is 1.85. The monoisotopic (exact) mass is 247 g/mol. The molecule has 2 rings (SSSR count). The summed E-state index contributed by atoms with van der Waals surface area (Å²) in [6, 6.07) is 7.12. The molecule has 1 aromatic rings. The molecule has 18 heavy (non-hydrogen) atoms. The van der Waals surface area contributed by atoms with E-state index in [1.165, 1.54) is 18.9 Å². The first-order valence-electron chi connectivity index (χ1n) is 6.30. The van der Waals surface area contributed by atoms with Crippen LogP contribution in [0.5, 0.6) is 0 Å². The van der Waals surface area contributed by atoms with Gasteiger partial charge in [0.15, 0.2) is 0 Å². The van der Waals surface area contributed by atoms with Crippen LogP contribution >= 0.6 is 0 Å². The van der Waals surface area contributed by atoms with Crippen LogP contribution in [-0.4, -0.2) is 31.1 Å². The molecule has 1 aliphatic rings. The molecule has 1 aliphatic heterocycles. The Bertz CT molecular complexity index is 453. The van der Waals surface area contributed by atoms with Crippen molar-refractivity contribution in [1.29, 1.82) is 5.26 Å².